The summed E-state index contributed by atoms with van der Waals surface area (Å²) in [6, 6.07) is 7.99. The summed E-state index contributed by atoms with van der Waals surface area (Å²) in [6.45, 7) is 0. The van der Waals surface area contributed by atoms with Crippen molar-refractivity contribution in [3.8, 4) is 5.75 Å². The number of aromatic amines is 1. The number of fused-ring (bicyclic) bond motifs is 1. The van der Waals surface area contributed by atoms with Crippen LogP contribution in [0.25, 0.3) is 0 Å². The zero-order valence-electron chi connectivity index (χ0n) is 8.48. The lowest BCUT2D eigenvalue weighted by molar-refractivity contribution is 0.228. The Hall–Kier alpha value is -1.55. The molecule has 0 saturated carbocycles. The largest absolute Gasteiger partial charge is 0.482 e. The molecule has 0 radical (unpaired) electrons. The molecule has 3 rings (SSSR count). The van der Waals surface area contributed by atoms with Crippen molar-refractivity contribution < 1.29 is 4.74 Å². The Bertz CT molecular complexity index is 486. The maximum atomic E-state index is 5.76. The van der Waals surface area contributed by atoms with Gasteiger partial charge in [-0.25, -0.2) is 4.98 Å². The van der Waals surface area contributed by atoms with Crippen LogP contribution < -0.4 is 4.74 Å². The minimum Gasteiger partial charge on any atom is -0.482 e. The highest BCUT2D eigenvalue weighted by atomic mass is 35.5. The molecule has 82 valence electrons. The molecule has 0 bridgehead atoms. The van der Waals surface area contributed by atoms with Crippen molar-refractivity contribution in [2.24, 2.45) is 0 Å². The number of para-hydroxylation sites is 1. The number of H-pyrrole nitrogens is 1. The number of rotatable bonds is 2. The Morgan fingerprint density at radius 1 is 1.44 bits per heavy atom. The number of hydrogen-bond donors (Lipinski definition) is 1. The standard InChI is InChI=1S/C11H10ClN3O/c12-6-10-13-11(15-14-10)9-5-7-3-1-2-4-8(7)16-9/h1-4,9H,5-6H2,(H,13,14,15). The molecule has 0 spiro atoms. The minimum absolute atomic E-state index is 0.0920. The van der Waals surface area contributed by atoms with E-state index < -0.39 is 0 Å². The van der Waals surface area contributed by atoms with E-state index in [1.807, 2.05) is 18.2 Å². The lowest BCUT2D eigenvalue weighted by atomic mass is 10.1. The van der Waals surface area contributed by atoms with Crippen LogP contribution in [0, 0.1) is 0 Å². The molecule has 2 aromatic rings. The van der Waals surface area contributed by atoms with Gasteiger partial charge >= 0.3 is 0 Å². The van der Waals surface area contributed by atoms with Gasteiger partial charge in [-0.3, -0.25) is 5.10 Å². The van der Waals surface area contributed by atoms with Crippen molar-refractivity contribution in [3.63, 3.8) is 0 Å². The highest BCUT2D eigenvalue weighted by molar-refractivity contribution is 6.16. The quantitative estimate of drug-likeness (QED) is 0.812. The van der Waals surface area contributed by atoms with E-state index in [1.165, 1.54) is 5.56 Å². The Balaban J connectivity index is 1.85. The van der Waals surface area contributed by atoms with Gasteiger partial charge in [-0.2, -0.15) is 5.10 Å². The Kier molecular flexibility index (Phi) is 2.29. The molecule has 1 unspecified atom stereocenters. The SMILES string of the molecule is ClCc1nc(C2Cc3ccccc3O2)n[nH]1. The molecule has 2 heterocycles. The minimum atomic E-state index is -0.0920. The van der Waals surface area contributed by atoms with E-state index in [4.69, 9.17) is 16.3 Å². The van der Waals surface area contributed by atoms with Crippen LogP contribution in [0.15, 0.2) is 24.3 Å². The molecule has 1 aliphatic rings. The third kappa shape index (κ3) is 1.55. The second-order valence-electron chi connectivity index (χ2n) is 3.69. The molecule has 0 aliphatic carbocycles. The van der Waals surface area contributed by atoms with E-state index in [-0.39, 0.29) is 6.10 Å². The lowest BCUT2D eigenvalue weighted by Gasteiger charge is -2.04. The molecule has 4 nitrogen and oxygen atoms in total. The lowest BCUT2D eigenvalue weighted by Crippen LogP contribution is -2.05. The molecule has 1 aromatic heterocycles. The predicted molar refractivity (Wildman–Crippen MR) is 59.5 cm³/mol. The first kappa shape index (κ1) is 9.66. The van der Waals surface area contributed by atoms with Gasteiger partial charge in [0.1, 0.15) is 11.6 Å². The van der Waals surface area contributed by atoms with Crippen LogP contribution in [0.2, 0.25) is 0 Å². The van der Waals surface area contributed by atoms with Gasteiger partial charge in [0, 0.05) is 6.42 Å². The van der Waals surface area contributed by atoms with Crippen LogP contribution in [-0.4, -0.2) is 15.2 Å². The van der Waals surface area contributed by atoms with Gasteiger partial charge in [0.25, 0.3) is 0 Å². The fourth-order valence-corrected chi connectivity index (χ4v) is 1.96. The van der Waals surface area contributed by atoms with Gasteiger partial charge in [-0.05, 0) is 11.6 Å². The zero-order chi connectivity index (χ0) is 11.0. The smallest absolute Gasteiger partial charge is 0.191 e. The van der Waals surface area contributed by atoms with Gasteiger partial charge in [0.05, 0.1) is 5.88 Å². The van der Waals surface area contributed by atoms with Crippen LogP contribution in [0.3, 0.4) is 0 Å². The van der Waals surface area contributed by atoms with E-state index >= 15 is 0 Å². The topological polar surface area (TPSA) is 50.8 Å². The fraction of sp³-hybridized carbons (Fsp3) is 0.273. The van der Waals surface area contributed by atoms with Gasteiger partial charge < -0.3 is 4.74 Å². The second-order valence-corrected chi connectivity index (χ2v) is 3.96. The van der Waals surface area contributed by atoms with E-state index in [0.717, 1.165) is 12.2 Å². The molecule has 0 fully saturated rings. The third-order valence-electron chi connectivity index (χ3n) is 2.61. The summed E-state index contributed by atoms with van der Waals surface area (Å²) < 4.78 is 5.76. The summed E-state index contributed by atoms with van der Waals surface area (Å²) in [5, 5.41) is 6.89. The van der Waals surface area contributed by atoms with Crippen LogP contribution in [0.4, 0.5) is 0 Å². The second kappa shape index (κ2) is 3.79. The van der Waals surface area contributed by atoms with E-state index in [1.54, 1.807) is 0 Å². The molecule has 1 N–H and O–H groups in total. The van der Waals surface area contributed by atoms with E-state index in [0.29, 0.717) is 17.5 Å². The number of aromatic nitrogens is 3. The maximum Gasteiger partial charge on any atom is 0.191 e. The van der Waals surface area contributed by atoms with Crippen LogP contribution >= 0.6 is 11.6 Å². The first-order valence-corrected chi connectivity index (χ1v) is 5.62. The molecule has 0 saturated heterocycles. The van der Waals surface area contributed by atoms with Crippen molar-refractivity contribution in [3.05, 3.63) is 41.5 Å². The third-order valence-corrected chi connectivity index (χ3v) is 2.86. The van der Waals surface area contributed by atoms with Crippen molar-refractivity contribution in [2.45, 2.75) is 18.4 Å². The van der Waals surface area contributed by atoms with Gasteiger partial charge in [0.15, 0.2) is 11.9 Å². The van der Waals surface area contributed by atoms with Crippen molar-refractivity contribution in [2.75, 3.05) is 0 Å². The molecule has 1 aliphatic heterocycles. The summed E-state index contributed by atoms with van der Waals surface area (Å²) in [5.74, 6) is 2.61. The number of nitrogens with one attached hydrogen (secondary N) is 1. The van der Waals surface area contributed by atoms with Crippen molar-refractivity contribution in [1.82, 2.24) is 15.2 Å². The number of hydrogen-bond acceptors (Lipinski definition) is 3. The zero-order valence-corrected chi connectivity index (χ0v) is 9.24. The molecule has 0 amide bonds. The maximum absolute atomic E-state index is 5.76. The monoisotopic (exact) mass is 235 g/mol. The average Bonchev–Trinajstić information content (AvgIpc) is 2.95. The number of halogens is 1. The first-order chi connectivity index (χ1) is 7.86. The van der Waals surface area contributed by atoms with E-state index in [9.17, 15) is 0 Å². The van der Waals surface area contributed by atoms with Gasteiger partial charge in [-0.1, -0.05) is 18.2 Å². The number of alkyl halides is 1. The van der Waals surface area contributed by atoms with E-state index in [2.05, 4.69) is 21.2 Å². The summed E-state index contributed by atoms with van der Waals surface area (Å²) in [6.07, 6.45) is 0.723. The average molecular weight is 236 g/mol. The highest BCUT2D eigenvalue weighted by Gasteiger charge is 2.27. The highest BCUT2D eigenvalue weighted by Crippen LogP contribution is 2.34. The Morgan fingerprint density at radius 2 is 2.31 bits per heavy atom. The Labute approximate surface area is 97.6 Å². The number of nitrogens with zero attached hydrogens (tertiary/aromatic N) is 2. The van der Waals surface area contributed by atoms with Crippen molar-refractivity contribution in [1.29, 1.82) is 0 Å². The summed E-state index contributed by atoms with van der Waals surface area (Å²) >= 11 is 5.66. The molecular formula is C11H10ClN3O. The molecule has 1 aromatic carbocycles. The summed E-state index contributed by atoms with van der Waals surface area (Å²) in [5.41, 5.74) is 1.20. The summed E-state index contributed by atoms with van der Waals surface area (Å²) in [4.78, 5) is 4.27. The normalized spacial score (nSPS) is 18.2. The van der Waals surface area contributed by atoms with Crippen LogP contribution in [0.1, 0.15) is 23.3 Å². The molecule has 5 heteroatoms. The van der Waals surface area contributed by atoms with Gasteiger partial charge in [0.2, 0.25) is 0 Å². The Morgan fingerprint density at radius 3 is 3.06 bits per heavy atom. The molecular weight excluding hydrogens is 226 g/mol. The molecule has 16 heavy (non-hydrogen) atoms. The van der Waals surface area contributed by atoms with Crippen molar-refractivity contribution >= 4 is 11.6 Å². The fourth-order valence-electron chi connectivity index (χ4n) is 1.84. The number of benzene rings is 1. The van der Waals surface area contributed by atoms with Crippen LogP contribution in [-0.2, 0) is 12.3 Å². The predicted octanol–water partition coefficient (Wildman–Crippen LogP) is 2.22. The number of ether oxygens (including phenoxy) is 1. The van der Waals surface area contributed by atoms with Gasteiger partial charge in [-0.15, -0.1) is 11.6 Å². The summed E-state index contributed by atoms with van der Waals surface area (Å²) in [7, 11) is 0. The first-order valence-electron chi connectivity index (χ1n) is 5.08. The van der Waals surface area contributed by atoms with Crippen LogP contribution in [0.5, 0.6) is 5.75 Å². The molecule has 1 atom stereocenters.